The fraction of sp³-hybridized carbons (Fsp3) is 0. The molecule has 236 valence electrons. The molecule has 0 N–H and O–H groups in total. The average molecular weight is 677 g/mol. The topological polar surface area (TPSA) is 13.1 Å². The summed E-state index contributed by atoms with van der Waals surface area (Å²) in [6.07, 6.45) is 0. The van der Waals surface area contributed by atoms with Gasteiger partial charge in [-0.3, -0.25) is 0 Å². The second-order valence-electron chi connectivity index (χ2n) is 11.3. The highest BCUT2D eigenvalue weighted by Crippen LogP contribution is 2.46. The van der Waals surface area contributed by atoms with Crippen molar-refractivity contribution in [3.05, 3.63) is 181 Å². The Morgan fingerprint density at radius 1 is 0.314 bits per heavy atom. The molecular formula is C50H30O. The molecule has 0 bridgehead atoms. The van der Waals surface area contributed by atoms with Crippen LogP contribution in [0.15, 0.2) is 186 Å². The first-order valence-corrected chi connectivity index (χ1v) is 15.2. The zero-order valence-corrected chi connectivity index (χ0v) is 25.4. The second kappa shape index (κ2) is 10.9. The summed E-state index contributed by atoms with van der Waals surface area (Å²) in [5, 5.41) is -7.93. The highest BCUT2D eigenvalue weighted by molar-refractivity contribution is 6.25. The van der Waals surface area contributed by atoms with Gasteiger partial charge in [0.15, 0.2) is 0 Å². The van der Waals surface area contributed by atoms with Gasteiger partial charge in [0.1, 0.15) is 11.2 Å². The van der Waals surface area contributed by atoms with Crippen LogP contribution in [0.2, 0.25) is 0 Å². The molecule has 0 spiro atoms. The van der Waals surface area contributed by atoms with Gasteiger partial charge in [-0.1, -0.05) is 157 Å². The van der Waals surface area contributed by atoms with E-state index in [9.17, 15) is 16.4 Å². The van der Waals surface area contributed by atoms with Crippen LogP contribution in [-0.2, 0) is 0 Å². The molecule has 0 aliphatic heterocycles. The molecule has 11 aromatic rings. The number of hydrogen-bond donors (Lipinski definition) is 0. The number of fused-ring (bicyclic) bond motifs is 9. The van der Waals surface area contributed by atoms with E-state index in [1.54, 1.807) is 0 Å². The van der Waals surface area contributed by atoms with Crippen molar-refractivity contribution in [1.29, 1.82) is 0 Å². The van der Waals surface area contributed by atoms with Crippen LogP contribution in [0.1, 0.15) is 41.1 Å². The molecule has 1 aromatic heterocycles. The number of hydrogen-bond acceptors (Lipinski definition) is 1. The van der Waals surface area contributed by atoms with Gasteiger partial charge in [0.2, 0.25) is 0 Å². The van der Waals surface area contributed by atoms with Crippen molar-refractivity contribution in [2.75, 3.05) is 0 Å². The minimum atomic E-state index is -1.08. The lowest BCUT2D eigenvalue weighted by atomic mass is 9.84. The quantitative estimate of drug-likeness (QED) is 0.170. The monoisotopic (exact) mass is 676 g/mol. The molecule has 0 fully saturated rings. The lowest BCUT2D eigenvalue weighted by Crippen LogP contribution is -1.91. The van der Waals surface area contributed by atoms with E-state index in [1.165, 1.54) is 0 Å². The summed E-state index contributed by atoms with van der Waals surface area (Å²) >= 11 is 0. The van der Waals surface area contributed by atoms with E-state index in [1.807, 2.05) is 0 Å². The second-order valence-corrected chi connectivity index (χ2v) is 11.3. The third kappa shape index (κ3) is 4.22. The normalized spacial score (nSPS) is 20.2. The fourth-order valence-electron chi connectivity index (χ4n) is 6.45. The van der Waals surface area contributed by atoms with Crippen LogP contribution in [0.3, 0.4) is 0 Å². The number of benzene rings is 10. The minimum Gasteiger partial charge on any atom is -0.456 e. The predicted molar refractivity (Wildman–Crippen MR) is 218 cm³/mol. The molecule has 1 heterocycles. The lowest BCUT2D eigenvalue weighted by Gasteiger charge is -2.19. The molecule has 0 atom stereocenters. The third-order valence-corrected chi connectivity index (χ3v) is 8.57. The Morgan fingerprint density at radius 3 is 1.57 bits per heavy atom. The SMILES string of the molecule is [2H]c1c([2H])c(-c2c([2H])c([2H])c3c([2H])c([2H])c(-c4c5c([2H])c([2H])c([2H])c([2H])c5c(-c5c([2H])c([2H])c([2H])c6c([2H])c([2H])c([2H])c([2H])c56)c5c([2H])c([2H])c([2H])c([2H])c45)c([2H])c3c2[2H])c2c(oc3c([2H])c([2H])c4c([2H])c([2H])c([2H])c([2H])c4c32)c1[2H]. The van der Waals surface area contributed by atoms with Crippen LogP contribution in [0, 0.1) is 0 Å². The predicted octanol–water partition coefficient (Wildman–Crippen LogP) is 14.4. The van der Waals surface area contributed by atoms with Crippen LogP contribution in [0.4, 0.5) is 0 Å². The molecule has 1 nitrogen and oxygen atoms in total. The molecule has 10 aromatic carbocycles. The Labute approximate surface area is 336 Å². The van der Waals surface area contributed by atoms with Crippen LogP contribution >= 0.6 is 0 Å². The zero-order valence-electron chi connectivity index (χ0n) is 55.4. The number of rotatable bonds is 3. The lowest BCUT2D eigenvalue weighted by molar-refractivity contribution is 0.669. The van der Waals surface area contributed by atoms with Gasteiger partial charge < -0.3 is 4.42 Å². The number of furan rings is 1. The first-order chi connectivity index (χ1) is 37.8. The maximum atomic E-state index is 10.1. The molecule has 11 rings (SSSR count). The Balaban J connectivity index is 1.41. The Bertz CT molecular complexity index is 4840. The van der Waals surface area contributed by atoms with Gasteiger partial charge in [-0.15, -0.1) is 0 Å². The Kier molecular flexibility index (Phi) is 2.50. The van der Waals surface area contributed by atoms with E-state index >= 15 is 0 Å². The molecular weight excluding hydrogens is 617 g/mol. The Morgan fingerprint density at radius 2 is 0.824 bits per heavy atom. The molecule has 51 heavy (non-hydrogen) atoms. The van der Waals surface area contributed by atoms with Gasteiger partial charge >= 0.3 is 0 Å². The standard InChI is InChI=1S/C50H30O/c1-3-14-37-32(11-1)13-9-21-40(37)48-43-18-7-5-16-41(43)47(42-17-6-8-19-44(42)48)35-26-24-31-23-25-34(29-36(31)30-35)39-20-10-22-45-50(39)49-38-15-4-2-12-33(38)27-28-46(49)51-45/h1-30H/i1D,2D,3D,4D,5D,6D,7D,8D,9D,10D,11D,12D,13D,14D,15D,16D,17D,18D,19D,20D,21D,22D,23D,24D,25D,26D,27D,28D,29D,30D. The molecule has 1 heteroatoms. The summed E-state index contributed by atoms with van der Waals surface area (Å²) in [5.41, 5.74) is -5.91. The van der Waals surface area contributed by atoms with Crippen molar-refractivity contribution < 1.29 is 45.5 Å². The highest BCUT2D eigenvalue weighted by Gasteiger charge is 2.19. The molecule has 0 aliphatic carbocycles. The van der Waals surface area contributed by atoms with Crippen LogP contribution in [-0.4, -0.2) is 0 Å². The van der Waals surface area contributed by atoms with Crippen LogP contribution in [0.5, 0.6) is 0 Å². The molecule has 0 aliphatic rings. The smallest absolute Gasteiger partial charge is 0.136 e. The van der Waals surface area contributed by atoms with Crippen molar-refractivity contribution in [2.24, 2.45) is 0 Å². The molecule has 0 saturated carbocycles. The maximum absolute atomic E-state index is 10.1. The van der Waals surface area contributed by atoms with Gasteiger partial charge in [0.25, 0.3) is 0 Å². The van der Waals surface area contributed by atoms with E-state index in [-0.39, 0.29) is 0 Å². The van der Waals surface area contributed by atoms with Gasteiger partial charge in [-0.05, 0) is 111 Å². The summed E-state index contributed by atoms with van der Waals surface area (Å²) in [6.45, 7) is 0. The van der Waals surface area contributed by atoms with Gasteiger partial charge in [-0.2, -0.15) is 0 Å². The van der Waals surface area contributed by atoms with Crippen molar-refractivity contribution in [3.63, 3.8) is 0 Å². The van der Waals surface area contributed by atoms with E-state index in [0.717, 1.165) is 0 Å². The highest BCUT2D eigenvalue weighted by atomic mass is 16.3. The van der Waals surface area contributed by atoms with Gasteiger partial charge in [0, 0.05) is 10.8 Å². The van der Waals surface area contributed by atoms with E-state index in [4.69, 9.17) is 29.1 Å². The molecule has 0 amide bonds. The molecule has 0 saturated heterocycles. The summed E-state index contributed by atoms with van der Waals surface area (Å²) in [7, 11) is 0. The van der Waals surface area contributed by atoms with E-state index < -0.39 is 290 Å². The van der Waals surface area contributed by atoms with Crippen molar-refractivity contribution in [1.82, 2.24) is 0 Å². The average Bonchev–Trinajstić information content (AvgIpc) is 3.85. The Hall–Kier alpha value is -6.70. The van der Waals surface area contributed by atoms with Crippen molar-refractivity contribution in [3.8, 4) is 33.4 Å². The fourth-order valence-corrected chi connectivity index (χ4v) is 6.45. The summed E-state index contributed by atoms with van der Waals surface area (Å²) < 4.78 is 279. The summed E-state index contributed by atoms with van der Waals surface area (Å²) in [6, 6.07) is -28.3. The van der Waals surface area contributed by atoms with Crippen LogP contribution < -0.4 is 0 Å². The summed E-state index contributed by atoms with van der Waals surface area (Å²) in [4.78, 5) is 0. The summed E-state index contributed by atoms with van der Waals surface area (Å²) in [5.74, 6) is 0. The van der Waals surface area contributed by atoms with Gasteiger partial charge in [-0.25, -0.2) is 0 Å². The van der Waals surface area contributed by atoms with Crippen LogP contribution in [0.25, 0.3) is 109 Å². The maximum Gasteiger partial charge on any atom is 0.136 e. The molecule has 0 unspecified atom stereocenters. The largest absolute Gasteiger partial charge is 0.456 e. The zero-order chi connectivity index (χ0) is 59.6. The van der Waals surface area contributed by atoms with E-state index in [2.05, 4.69) is 0 Å². The minimum absolute atomic E-state index is 0.430. The van der Waals surface area contributed by atoms with E-state index in [0.29, 0.717) is 0 Å². The third-order valence-electron chi connectivity index (χ3n) is 8.57. The first-order valence-electron chi connectivity index (χ1n) is 30.2. The molecule has 0 radical (unpaired) electrons. The first kappa shape index (κ1) is 11.7. The van der Waals surface area contributed by atoms with Gasteiger partial charge in [0.05, 0.1) is 41.1 Å². The van der Waals surface area contributed by atoms with Crippen molar-refractivity contribution >= 4 is 75.8 Å². The van der Waals surface area contributed by atoms with Crippen molar-refractivity contribution in [2.45, 2.75) is 0 Å².